The minimum atomic E-state index is -1.10. The predicted molar refractivity (Wildman–Crippen MR) is 76.2 cm³/mol. The first-order valence-electron chi connectivity index (χ1n) is 6.13. The van der Waals surface area contributed by atoms with Crippen LogP contribution in [-0.2, 0) is 6.54 Å². The number of aromatic nitrogens is 5. The van der Waals surface area contributed by atoms with E-state index in [0.29, 0.717) is 17.8 Å². The largest absolute Gasteiger partial charge is 0.476 e. The Labute approximate surface area is 123 Å². The lowest BCUT2D eigenvalue weighted by Gasteiger charge is -2.05. The van der Waals surface area contributed by atoms with Crippen molar-refractivity contribution >= 4 is 17.3 Å². The van der Waals surface area contributed by atoms with Gasteiger partial charge < -0.3 is 5.11 Å². The van der Waals surface area contributed by atoms with E-state index < -0.39 is 5.97 Å². The predicted octanol–water partition coefficient (Wildman–Crippen LogP) is 1.85. The van der Waals surface area contributed by atoms with E-state index >= 15 is 0 Å². The number of thiazole rings is 1. The highest BCUT2D eigenvalue weighted by atomic mass is 32.1. The molecule has 0 aliphatic heterocycles. The maximum atomic E-state index is 11.3. The van der Waals surface area contributed by atoms with Crippen LogP contribution < -0.4 is 0 Å². The molecule has 1 N–H and O–H groups in total. The highest BCUT2D eigenvalue weighted by molar-refractivity contribution is 7.11. The zero-order valence-corrected chi connectivity index (χ0v) is 11.9. The number of hydrogen-bond donors (Lipinski definition) is 1. The number of carbonyl (C=O) groups is 1. The molecule has 8 heteroatoms. The Morgan fingerprint density at radius 3 is 2.76 bits per heavy atom. The molecule has 0 fully saturated rings. The molecule has 21 heavy (non-hydrogen) atoms. The van der Waals surface area contributed by atoms with Crippen molar-refractivity contribution in [2.45, 2.75) is 13.5 Å². The van der Waals surface area contributed by atoms with Crippen molar-refractivity contribution in [2.75, 3.05) is 0 Å². The van der Waals surface area contributed by atoms with E-state index in [1.165, 1.54) is 0 Å². The molecule has 106 valence electrons. The molecule has 0 saturated heterocycles. The van der Waals surface area contributed by atoms with Gasteiger partial charge in [-0.05, 0) is 19.1 Å². The highest BCUT2D eigenvalue weighted by Gasteiger charge is 2.20. The average molecular weight is 301 g/mol. The Morgan fingerprint density at radius 1 is 1.38 bits per heavy atom. The van der Waals surface area contributed by atoms with E-state index in [1.54, 1.807) is 46.7 Å². The van der Waals surface area contributed by atoms with Gasteiger partial charge >= 0.3 is 5.97 Å². The number of carboxylic acids is 1. The summed E-state index contributed by atoms with van der Waals surface area (Å²) in [5.41, 5.74) is 1.12. The Morgan fingerprint density at radius 2 is 2.14 bits per heavy atom. The summed E-state index contributed by atoms with van der Waals surface area (Å²) >= 11 is 1.54. The first kappa shape index (κ1) is 13.4. The van der Waals surface area contributed by atoms with E-state index in [2.05, 4.69) is 20.3 Å². The van der Waals surface area contributed by atoms with Crippen LogP contribution in [0.5, 0.6) is 0 Å². The van der Waals surface area contributed by atoms with Crippen LogP contribution in [-0.4, -0.2) is 36.0 Å². The van der Waals surface area contributed by atoms with Crippen LogP contribution in [0.15, 0.2) is 30.7 Å². The SMILES string of the molecule is Cc1ncc(Cn2nnc(C(=O)O)c2-c2ccncc2)s1. The zero-order chi connectivity index (χ0) is 14.8. The quantitative estimate of drug-likeness (QED) is 0.790. The van der Waals surface area contributed by atoms with E-state index in [0.717, 1.165) is 9.88 Å². The third kappa shape index (κ3) is 2.65. The molecule has 3 aromatic heterocycles. The molecule has 3 aromatic rings. The summed E-state index contributed by atoms with van der Waals surface area (Å²) in [6.07, 6.45) is 4.97. The average Bonchev–Trinajstić information content (AvgIpc) is 3.07. The summed E-state index contributed by atoms with van der Waals surface area (Å²) in [7, 11) is 0. The van der Waals surface area contributed by atoms with Crippen molar-refractivity contribution in [3.63, 3.8) is 0 Å². The van der Waals surface area contributed by atoms with Crippen molar-refractivity contribution in [2.24, 2.45) is 0 Å². The van der Waals surface area contributed by atoms with Crippen LogP contribution in [0.4, 0.5) is 0 Å². The standard InChI is InChI=1S/C13H11N5O2S/c1-8-15-6-10(21-8)7-18-12(9-2-4-14-5-3-9)11(13(19)20)16-17-18/h2-6H,7H2,1H3,(H,19,20). The Balaban J connectivity index is 2.07. The zero-order valence-electron chi connectivity index (χ0n) is 11.1. The molecule has 3 heterocycles. The molecule has 0 atom stereocenters. The monoisotopic (exact) mass is 301 g/mol. The van der Waals surface area contributed by atoms with Crippen LogP contribution in [0, 0.1) is 6.92 Å². The third-order valence-electron chi connectivity index (χ3n) is 2.87. The third-order valence-corrected chi connectivity index (χ3v) is 3.76. The number of pyridine rings is 1. The second-order valence-electron chi connectivity index (χ2n) is 4.33. The molecular formula is C13H11N5O2S. The summed E-state index contributed by atoms with van der Waals surface area (Å²) in [6, 6.07) is 3.47. The van der Waals surface area contributed by atoms with Crippen molar-refractivity contribution < 1.29 is 9.90 Å². The maximum absolute atomic E-state index is 11.3. The lowest BCUT2D eigenvalue weighted by Crippen LogP contribution is -2.05. The normalized spacial score (nSPS) is 10.7. The van der Waals surface area contributed by atoms with Gasteiger partial charge in [0.2, 0.25) is 0 Å². The summed E-state index contributed by atoms with van der Waals surface area (Å²) in [6.45, 7) is 2.35. The molecule has 0 saturated carbocycles. The molecule has 0 amide bonds. The van der Waals surface area contributed by atoms with Crippen LogP contribution in [0.1, 0.15) is 20.4 Å². The van der Waals surface area contributed by atoms with Gasteiger partial charge in [-0.1, -0.05) is 5.21 Å². The minimum absolute atomic E-state index is 0.0672. The highest BCUT2D eigenvalue weighted by Crippen LogP contribution is 2.23. The molecule has 3 rings (SSSR count). The lowest BCUT2D eigenvalue weighted by molar-refractivity contribution is 0.0691. The number of rotatable bonds is 4. The second-order valence-corrected chi connectivity index (χ2v) is 5.65. The summed E-state index contributed by atoms with van der Waals surface area (Å²) in [5.74, 6) is -1.10. The number of hydrogen-bond acceptors (Lipinski definition) is 6. The maximum Gasteiger partial charge on any atom is 0.358 e. The molecule has 0 aliphatic rings. The van der Waals surface area contributed by atoms with Crippen LogP contribution in [0.25, 0.3) is 11.3 Å². The van der Waals surface area contributed by atoms with Crippen molar-refractivity contribution in [3.05, 3.63) is 46.3 Å². The van der Waals surface area contributed by atoms with Gasteiger partial charge in [0.15, 0.2) is 5.69 Å². The number of aromatic carboxylic acids is 1. The molecule has 0 spiro atoms. The van der Waals surface area contributed by atoms with Crippen LogP contribution >= 0.6 is 11.3 Å². The molecule has 0 radical (unpaired) electrons. The van der Waals surface area contributed by atoms with E-state index in [4.69, 9.17) is 0 Å². The molecule has 0 unspecified atom stereocenters. The van der Waals surface area contributed by atoms with Crippen molar-refractivity contribution in [1.82, 2.24) is 25.0 Å². The fourth-order valence-electron chi connectivity index (χ4n) is 1.99. The minimum Gasteiger partial charge on any atom is -0.476 e. The molecule has 0 bridgehead atoms. The van der Waals surface area contributed by atoms with Crippen LogP contribution in [0.2, 0.25) is 0 Å². The number of nitrogens with zero attached hydrogens (tertiary/aromatic N) is 5. The van der Waals surface area contributed by atoms with E-state index in [-0.39, 0.29) is 5.69 Å². The Bertz CT molecular complexity index is 781. The Hall–Kier alpha value is -2.61. The fourth-order valence-corrected chi connectivity index (χ4v) is 2.77. The smallest absolute Gasteiger partial charge is 0.358 e. The summed E-state index contributed by atoms with van der Waals surface area (Å²) < 4.78 is 1.58. The van der Waals surface area contributed by atoms with E-state index in [1.807, 2.05) is 6.92 Å². The van der Waals surface area contributed by atoms with Crippen molar-refractivity contribution in [1.29, 1.82) is 0 Å². The van der Waals surface area contributed by atoms with Gasteiger partial charge in [-0.3, -0.25) is 4.98 Å². The molecule has 0 aliphatic carbocycles. The van der Waals surface area contributed by atoms with Crippen LogP contribution in [0.3, 0.4) is 0 Å². The van der Waals surface area contributed by atoms with Gasteiger partial charge in [0.05, 0.1) is 11.6 Å². The lowest BCUT2D eigenvalue weighted by atomic mass is 10.1. The second kappa shape index (κ2) is 5.41. The van der Waals surface area contributed by atoms with Gasteiger partial charge in [-0.15, -0.1) is 16.4 Å². The molecule has 7 nitrogen and oxygen atoms in total. The topological polar surface area (TPSA) is 93.8 Å². The first-order chi connectivity index (χ1) is 10.1. The van der Waals surface area contributed by atoms with E-state index in [9.17, 15) is 9.90 Å². The van der Waals surface area contributed by atoms with Gasteiger partial charge in [0.25, 0.3) is 0 Å². The Kier molecular flexibility index (Phi) is 3.44. The number of carboxylic acid groups (broad SMARTS) is 1. The first-order valence-corrected chi connectivity index (χ1v) is 6.95. The van der Waals surface area contributed by atoms with Gasteiger partial charge in [-0.25, -0.2) is 14.5 Å². The van der Waals surface area contributed by atoms with Crippen molar-refractivity contribution in [3.8, 4) is 11.3 Å². The van der Waals surface area contributed by atoms with Gasteiger partial charge in [0.1, 0.15) is 5.69 Å². The molecular weight excluding hydrogens is 290 g/mol. The van der Waals surface area contributed by atoms with Gasteiger partial charge in [0, 0.05) is 29.0 Å². The number of aryl methyl sites for hydroxylation is 1. The molecule has 0 aromatic carbocycles. The summed E-state index contributed by atoms with van der Waals surface area (Å²) in [4.78, 5) is 20.4. The fraction of sp³-hybridized carbons (Fsp3) is 0.154. The summed E-state index contributed by atoms with van der Waals surface area (Å²) in [5, 5.41) is 18.0. The van der Waals surface area contributed by atoms with Gasteiger partial charge in [-0.2, -0.15) is 0 Å².